The second-order valence-corrected chi connectivity index (χ2v) is 8.35. The van der Waals surface area contributed by atoms with E-state index in [-0.39, 0.29) is 7.80 Å². The van der Waals surface area contributed by atoms with Gasteiger partial charge in [0.2, 0.25) is 0 Å². The smallest absolute Gasteiger partial charge is 0.153 e. The molecule has 0 aromatic heterocycles. The lowest BCUT2D eigenvalue weighted by molar-refractivity contribution is 0.194. The zero-order valence-electron chi connectivity index (χ0n) is 11.3. The molecule has 93 valence electrons. The Morgan fingerprint density at radius 3 is 1.81 bits per heavy atom. The number of hydrogen-bond donors (Lipinski definition) is 0. The van der Waals surface area contributed by atoms with Gasteiger partial charge < -0.3 is 9.47 Å². The molecule has 4 heteroatoms. The minimum atomic E-state index is -0.0468. The molecule has 1 radical (unpaired) electrons. The molecule has 1 saturated heterocycles. The highest BCUT2D eigenvalue weighted by Crippen LogP contribution is 2.57. The first kappa shape index (κ1) is 14.5. The van der Waals surface area contributed by atoms with Crippen molar-refractivity contribution in [2.75, 3.05) is 27.4 Å². The van der Waals surface area contributed by atoms with Gasteiger partial charge in [0.25, 0.3) is 0 Å². The van der Waals surface area contributed by atoms with Gasteiger partial charge in [0, 0.05) is 14.2 Å². The molecule has 0 aliphatic carbocycles. The molecule has 1 fully saturated rings. The van der Waals surface area contributed by atoms with Crippen molar-refractivity contribution in [2.24, 2.45) is 0 Å². The van der Waals surface area contributed by atoms with E-state index in [1.807, 2.05) is 14.2 Å². The number of rotatable bonds is 5. The van der Waals surface area contributed by atoms with Gasteiger partial charge in [0.15, 0.2) is 7.00 Å². The fourth-order valence-corrected chi connectivity index (χ4v) is 5.81. The maximum absolute atomic E-state index is 5.35. The molecular formula is C12H25BO2P. The molecule has 0 bridgehead atoms. The van der Waals surface area contributed by atoms with Gasteiger partial charge in [-0.15, -0.1) is 7.80 Å². The van der Waals surface area contributed by atoms with E-state index in [0.717, 1.165) is 24.5 Å². The van der Waals surface area contributed by atoms with Crippen molar-refractivity contribution in [3.8, 4) is 0 Å². The van der Waals surface area contributed by atoms with Crippen LogP contribution >= 0.6 is 7.80 Å². The zero-order valence-corrected chi connectivity index (χ0v) is 12.2. The fourth-order valence-electron chi connectivity index (χ4n) is 2.36. The Balaban J connectivity index is 2.60. The van der Waals surface area contributed by atoms with Crippen LogP contribution < -0.4 is 0 Å². The van der Waals surface area contributed by atoms with Crippen molar-refractivity contribution >= 4 is 14.8 Å². The molecule has 2 atom stereocenters. The van der Waals surface area contributed by atoms with E-state index in [1.54, 1.807) is 0 Å². The van der Waals surface area contributed by atoms with Gasteiger partial charge in [0.05, 0.1) is 13.2 Å². The van der Waals surface area contributed by atoms with Crippen LogP contribution in [-0.2, 0) is 9.47 Å². The van der Waals surface area contributed by atoms with Gasteiger partial charge in [-0.05, 0) is 24.2 Å². The lowest BCUT2D eigenvalue weighted by Crippen LogP contribution is -2.21. The Labute approximate surface area is 102 Å². The summed E-state index contributed by atoms with van der Waals surface area (Å²) in [5.41, 5.74) is 1.50. The first-order valence-corrected chi connectivity index (χ1v) is 7.64. The molecule has 0 amide bonds. The van der Waals surface area contributed by atoms with Crippen LogP contribution in [0.5, 0.6) is 0 Å². The Bertz CT molecular complexity index is 192. The average molecular weight is 243 g/mol. The van der Waals surface area contributed by atoms with Crippen molar-refractivity contribution < 1.29 is 9.47 Å². The zero-order chi connectivity index (χ0) is 12.2. The quantitative estimate of drug-likeness (QED) is 0.545. The third-order valence-corrected chi connectivity index (χ3v) is 6.50. The van der Waals surface area contributed by atoms with E-state index in [0.29, 0.717) is 5.31 Å². The highest BCUT2D eigenvalue weighted by molar-refractivity contribution is 7.87. The molecule has 1 rings (SSSR count). The highest BCUT2D eigenvalue weighted by atomic mass is 31.1. The topological polar surface area (TPSA) is 18.5 Å². The van der Waals surface area contributed by atoms with Crippen molar-refractivity contribution in [1.29, 1.82) is 0 Å². The maximum Gasteiger partial charge on any atom is 0.153 e. The summed E-state index contributed by atoms with van der Waals surface area (Å²) in [7, 11) is 3.58. The summed E-state index contributed by atoms with van der Waals surface area (Å²) in [6.07, 6.45) is 2.61. The van der Waals surface area contributed by atoms with E-state index in [2.05, 4.69) is 27.8 Å². The predicted octanol–water partition coefficient (Wildman–Crippen LogP) is 3.13. The van der Waals surface area contributed by atoms with E-state index in [9.17, 15) is 0 Å². The molecule has 0 N–H and O–H groups in total. The minimum absolute atomic E-state index is 0.0468. The first-order valence-electron chi connectivity index (χ1n) is 6.09. The van der Waals surface area contributed by atoms with Crippen LogP contribution in [0.4, 0.5) is 0 Å². The second-order valence-electron chi connectivity index (χ2n) is 5.74. The second kappa shape index (κ2) is 6.38. The Morgan fingerprint density at radius 2 is 1.50 bits per heavy atom. The van der Waals surface area contributed by atoms with Crippen LogP contribution in [0.25, 0.3) is 0 Å². The maximum atomic E-state index is 5.35. The lowest BCUT2D eigenvalue weighted by atomic mass is 9.73. The van der Waals surface area contributed by atoms with E-state index in [4.69, 9.17) is 9.47 Å². The van der Waals surface area contributed by atoms with Crippen molar-refractivity contribution in [2.45, 2.75) is 50.2 Å². The van der Waals surface area contributed by atoms with E-state index >= 15 is 0 Å². The van der Waals surface area contributed by atoms with Crippen molar-refractivity contribution in [1.82, 2.24) is 0 Å². The number of methoxy groups -OCH3 is 2. The summed E-state index contributed by atoms with van der Waals surface area (Å²) in [6, 6.07) is 0. The largest absolute Gasteiger partial charge is 0.384 e. The summed E-state index contributed by atoms with van der Waals surface area (Å²) in [4.78, 5) is 0. The highest BCUT2D eigenvalue weighted by Gasteiger charge is 2.37. The molecule has 1 aliphatic rings. The van der Waals surface area contributed by atoms with E-state index in [1.165, 1.54) is 12.8 Å². The summed E-state index contributed by atoms with van der Waals surface area (Å²) < 4.78 is 10.7. The summed E-state index contributed by atoms with van der Waals surface area (Å²) >= 11 is 0. The summed E-state index contributed by atoms with van der Waals surface area (Å²) in [5, 5.41) is 0.314. The van der Waals surface area contributed by atoms with Gasteiger partial charge in [-0.1, -0.05) is 26.1 Å². The molecule has 16 heavy (non-hydrogen) atoms. The fraction of sp³-hybridized carbons (Fsp3) is 1.00. The average Bonchev–Trinajstić information content (AvgIpc) is 2.49. The first-order chi connectivity index (χ1) is 7.48. The molecule has 0 spiro atoms. The molecule has 0 aromatic carbocycles. The number of hydrogen-bond acceptors (Lipinski definition) is 2. The third kappa shape index (κ3) is 4.35. The Hall–Kier alpha value is 0.415. The van der Waals surface area contributed by atoms with Crippen LogP contribution in [0.15, 0.2) is 0 Å². The molecule has 0 unspecified atom stereocenters. The normalized spacial score (nSPS) is 27.3. The SMILES string of the molecule is COC[C@H]1CC[C@H](COC)P1[B]C(C)(C)C. The van der Waals surface area contributed by atoms with Crippen LogP contribution in [0.1, 0.15) is 33.6 Å². The standard InChI is InChI=1S/C12H25BO2P/c1-12(2,3)13-16-10(8-14-4)6-7-11(16)9-15-5/h10-11H,6-9H2,1-5H3/t10-,11-/m1/s1. The number of ether oxygens (including phenoxy) is 2. The van der Waals surface area contributed by atoms with Gasteiger partial charge in [0.1, 0.15) is 0 Å². The van der Waals surface area contributed by atoms with Gasteiger partial charge >= 0.3 is 0 Å². The molecule has 1 heterocycles. The van der Waals surface area contributed by atoms with Crippen LogP contribution in [0.2, 0.25) is 5.31 Å². The molecule has 1 aliphatic heterocycles. The van der Waals surface area contributed by atoms with Crippen LogP contribution in [-0.4, -0.2) is 45.8 Å². The van der Waals surface area contributed by atoms with Crippen LogP contribution in [0, 0.1) is 0 Å². The summed E-state index contributed by atoms with van der Waals surface area (Å²) in [5.74, 6) is 0. The Morgan fingerprint density at radius 1 is 1.06 bits per heavy atom. The van der Waals surface area contributed by atoms with Gasteiger partial charge in [-0.25, -0.2) is 0 Å². The molecular weight excluding hydrogens is 218 g/mol. The van der Waals surface area contributed by atoms with Gasteiger partial charge in [-0.3, -0.25) is 0 Å². The lowest BCUT2D eigenvalue weighted by Gasteiger charge is -2.30. The third-order valence-electron chi connectivity index (χ3n) is 2.93. The predicted molar refractivity (Wildman–Crippen MR) is 73.0 cm³/mol. The van der Waals surface area contributed by atoms with Crippen LogP contribution in [0.3, 0.4) is 0 Å². The Kier molecular flexibility index (Phi) is 5.77. The van der Waals surface area contributed by atoms with Gasteiger partial charge in [-0.2, -0.15) is 0 Å². The minimum Gasteiger partial charge on any atom is -0.384 e. The van der Waals surface area contributed by atoms with Crippen molar-refractivity contribution in [3.05, 3.63) is 0 Å². The monoisotopic (exact) mass is 243 g/mol. The summed E-state index contributed by atoms with van der Waals surface area (Å²) in [6.45, 7) is 11.3. The molecule has 0 aromatic rings. The molecule has 0 saturated carbocycles. The van der Waals surface area contributed by atoms with E-state index < -0.39 is 0 Å². The van der Waals surface area contributed by atoms with Crippen molar-refractivity contribution in [3.63, 3.8) is 0 Å². The molecule has 2 nitrogen and oxygen atoms in total.